The van der Waals surface area contributed by atoms with Crippen LogP contribution in [0.3, 0.4) is 0 Å². The number of hydrogen-bond acceptors (Lipinski definition) is 4. The van der Waals surface area contributed by atoms with Gasteiger partial charge in [0.15, 0.2) is 0 Å². The van der Waals surface area contributed by atoms with Crippen LogP contribution in [0.2, 0.25) is 0 Å². The zero-order chi connectivity index (χ0) is 8.15. The molecule has 0 aromatic heterocycles. The van der Waals surface area contributed by atoms with Crippen LogP contribution in [0.4, 0.5) is 0 Å². The second kappa shape index (κ2) is 6.88. The van der Waals surface area contributed by atoms with Gasteiger partial charge in [0.1, 0.15) is 0 Å². The van der Waals surface area contributed by atoms with Crippen molar-refractivity contribution in [1.82, 2.24) is 0 Å². The van der Waals surface area contributed by atoms with Crippen molar-refractivity contribution in [2.24, 2.45) is 5.92 Å². The third-order valence-electron chi connectivity index (χ3n) is 1.18. The molecule has 5 heteroatoms. The van der Waals surface area contributed by atoms with Gasteiger partial charge in [-0.05, 0) is 18.8 Å². The molecule has 0 saturated carbocycles. The topological polar surface area (TPSA) is 80.3 Å². The number of hydrogen-bond donors (Lipinski definition) is 0. The number of aliphatic carboxylic acids is 2. The van der Waals surface area contributed by atoms with Gasteiger partial charge in [-0.1, -0.05) is 6.92 Å². The van der Waals surface area contributed by atoms with Gasteiger partial charge in [0.2, 0.25) is 0 Å². The van der Waals surface area contributed by atoms with Crippen molar-refractivity contribution in [2.75, 3.05) is 0 Å². The molecule has 4 nitrogen and oxygen atoms in total. The molecule has 1 atom stereocenters. The van der Waals surface area contributed by atoms with E-state index < -0.39 is 17.9 Å². The Balaban J connectivity index is 0. The minimum atomic E-state index is -1.23. The quantitative estimate of drug-likeness (QED) is 0.453. The van der Waals surface area contributed by atoms with Gasteiger partial charge in [-0.25, -0.2) is 0 Å². The van der Waals surface area contributed by atoms with E-state index in [2.05, 4.69) is 0 Å². The van der Waals surface area contributed by atoms with Crippen molar-refractivity contribution in [1.29, 1.82) is 0 Å². The van der Waals surface area contributed by atoms with E-state index in [0.29, 0.717) is 0 Å². The third kappa shape index (κ3) is 8.10. The molecule has 0 aromatic rings. The number of carboxylic acid groups (broad SMARTS) is 2. The molecular weight excluding hydrogens is 176 g/mol. The van der Waals surface area contributed by atoms with Gasteiger partial charge in [-0.2, -0.15) is 0 Å². The maximum absolute atomic E-state index is 9.99. The Labute approximate surface area is 94.6 Å². The molecule has 0 amide bonds. The van der Waals surface area contributed by atoms with Gasteiger partial charge in [0.05, 0.1) is 0 Å². The Morgan fingerprint density at radius 3 is 2.09 bits per heavy atom. The number of rotatable bonds is 4. The Morgan fingerprint density at radius 1 is 1.36 bits per heavy atom. The van der Waals surface area contributed by atoms with Crippen LogP contribution in [0, 0.1) is 5.92 Å². The summed E-state index contributed by atoms with van der Waals surface area (Å²) in [6.07, 6.45) is -0.153. The van der Waals surface area contributed by atoms with E-state index in [9.17, 15) is 19.8 Å². The normalized spacial score (nSPS) is 11.4. The summed E-state index contributed by atoms with van der Waals surface area (Å²) in [4.78, 5) is 19.8. The zero-order valence-corrected chi connectivity index (χ0v) is 8.54. The first-order valence-electron chi connectivity index (χ1n) is 2.94. The van der Waals surface area contributed by atoms with E-state index in [1.807, 2.05) is 0 Å². The largest absolute Gasteiger partial charge is 2.00 e. The molecule has 1 unspecified atom stereocenters. The van der Waals surface area contributed by atoms with Crippen LogP contribution in [0.5, 0.6) is 0 Å². The standard InChI is InChI=1S/C6H10O4.Ca/c1-4(6(9)10)2-3-5(7)8;/h4H,2-3H2,1H3,(H,7,8)(H,9,10);/q;+2/p-2. The van der Waals surface area contributed by atoms with Crippen LogP contribution in [0.1, 0.15) is 19.8 Å². The smallest absolute Gasteiger partial charge is 0.550 e. The summed E-state index contributed by atoms with van der Waals surface area (Å²) in [5.41, 5.74) is 0. The maximum Gasteiger partial charge on any atom is 2.00 e. The van der Waals surface area contributed by atoms with Gasteiger partial charge in [-0.15, -0.1) is 0 Å². The Bertz CT molecular complexity index is 146. The summed E-state index contributed by atoms with van der Waals surface area (Å²) in [6, 6.07) is 0. The minimum Gasteiger partial charge on any atom is -0.550 e. The second-order valence-electron chi connectivity index (χ2n) is 2.13. The predicted octanol–water partition coefficient (Wildman–Crippen LogP) is -2.48. The van der Waals surface area contributed by atoms with Gasteiger partial charge in [0, 0.05) is 11.9 Å². The minimum absolute atomic E-state index is 0. The van der Waals surface area contributed by atoms with Crippen LogP contribution in [-0.2, 0) is 9.59 Å². The summed E-state index contributed by atoms with van der Waals surface area (Å²) < 4.78 is 0. The summed E-state index contributed by atoms with van der Waals surface area (Å²) in [5.74, 6) is -3.16. The summed E-state index contributed by atoms with van der Waals surface area (Å²) in [7, 11) is 0. The Hall–Kier alpha value is 0.200. The van der Waals surface area contributed by atoms with Crippen molar-refractivity contribution in [3.05, 3.63) is 0 Å². The van der Waals surface area contributed by atoms with E-state index in [1.165, 1.54) is 6.92 Å². The summed E-state index contributed by atoms with van der Waals surface area (Å²) >= 11 is 0. The number of carboxylic acids is 2. The molecule has 11 heavy (non-hydrogen) atoms. The van der Waals surface area contributed by atoms with E-state index in [1.54, 1.807) is 0 Å². The third-order valence-corrected chi connectivity index (χ3v) is 1.18. The van der Waals surface area contributed by atoms with Crippen LogP contribution in [0.15, 0.2) is 0 Å². The maximum atomic E-state index is 9.99. The van der Waals surface area contributed by atoms with E-state index in [-0.39, 0.29) is 50.6 Å². The monoisotopic (exact) mass is 184 g/mol. The van der Waals surface area contributed by atoms with Gasteiger partial charge < -0.3 is 19.8 Å². The van der Waals surface area contributed by atoms with Crippen LogP contribution in [0.25, 0.3) is 0 Å². The second-order valence-corrected chi connectivity index (χ2v) is 2.13. The first kappa shape index (κ1) is 13.8. The molecule has 0 radical (unpaired) electrons. The summed E-state index contributed by atoms with van der Waals surface area (Å²) in [5, 5.41) is 19.8. The number of carbonyl (C=O) groups excluding carboxylic acids is 2. The molecule has 58 valence electrons. The van der Waals surface area contributed by atoms with E-state index >= 15 is 0 Å². The summed E-state index contributed by atoms with van der Waals surface area (Å²) in [6.45, 7) is 1.40. The molecule has 0 aliphatic heterocycles. The van der Waals surface area contributed by atoms with E-state index in [0.717, 1.165) is 0 Å². The van der Waals surface area contributed by atoms with Crippen molar-refractivity contribution in [3.8, 4) is 0 Å². The van der Waals surface area contributed by atoms with E-state index in [4.69, 9.17) is 0 Å². The van der Waals surface area contributed by atoms with Gasteiger partial charge in [-0.3, -0.25) is 0 Å². The average Bonchev–Trinajstić information content (AvgIpc) is 1.82. The molecule has 0 aliphatic rings. The molecular formula is C6H8CaO4. The fraction of sp³-hybridized carbons (Fsp3) is 0.667. The Kier molecular flexibility index (Phi) is 8.61. The van der Waals surface area contributed by atoms with Crippen LogP contribution in [-0.4, -0.2) is 49.7 Å². The number of carbonyl (C=O) groups is 2. The van der Waals surface area contributed by atoms with Crippen molar-refractivity contribution in [3.63, 3.8) is 0 Å². The first-order valence-corrected chi connectivity index (χ1v) is 2.94. The molecule has 0 bridgehead atoms. The molecule has 0 spiro atoms. The fourth-order valence-corrected chi connectivity index (χ4v) is 0.452. The SMILES string of the molecule is CC(CCC(=O)[O-])C(=O)[O-].[Ca+2]. The molecule has 0 rings (SSSR count). The zero-order valence-electron chi connectivity index (χ0n) is 6.33. The molecule has 0 saturated heterocycles. The molecule has 0 N–H and O–H groups in total. The van der Waals surface area contributed by atoms with Crippen LogP contribution >= 0.6 is 0 Å². The van der Waals surface area contributed by atoms with Gasteiger partial charge >= 0.3 is 37.7 Å². The van der Waals surface area contributed by atoms with Gasteiger partial charge in [0.25, 0.3) is 0 Å². The fourth-order valence-electron chi connectivity index (χ4n) is 0.452. The van der Waals surface area contributed by atoms with Crippen molar-refractivity contribution in [2.45, 2.75) is 19.8 Å². The Morgan fingerprint density at radius 2 is 1.82 bits per heavy atom. The van der Waals surface area contributed by atoms with Crippen molar-refractivity contribution < 1.29 is 19.8 Å². The molecule has 0 heterocycles. The van der Waals surface area contributed by atoms with Crippen LogP contribution < -0.4 is 10.2 Å². The molecule has 0 aliphatic carbocycles. The first-order chi connectivity index (χ1) is 4.54. The molecule has 0 aromatic carbocycles. The average molecular weight is 184 g/mol. The molecule has 0 fully saturated rings. The predicted molar refractivity (Wildman–Crippen MR) is 34.2 cm³/mol. The van der Waals surface area contributed by atoms with Crippen molar-refractivity contribution >= 4 is 49.7 Å².